The third kappa shape index (κ3) is 7.55. The Hall–Kier alpha value is -2.56. The largest absolute Gasteiger partial charge is 0.356 e. The zero-order chi connectivity index (χ0) is 28.0. The van der Waals surface area contributed by atoms with Gasteiger partial charge in [0.25, 0.3) is 0 Å². The number of nitrogens with one attached hydrogen (secondary N) is 1. The molecule has 3 heterocycles. The zero-order valence-corrected chi connectivity index (χ0v) is 24.1. The van der Waals surface area contributed by atoms with E-state index in [2.05, 4.69) is 29.2 Å². The van der Waals surface area contributed by atoms with Crippen molar-refractivity contribution in [3.8, 4) is 0 Å². The highest BCUT2D eigenvalue weighted by atomic mass is 32.2. The second kappa shape index (κ2) is 13.2. The summed E-state index contributed by atoms with van der Waals surface area (Å²) in [5.41, 5.74) is 0.566. The third-order valence-electron chi connectivity index (χ3n) is 7.87. The van der Waals surface area contributed by atoms with Crippen LogP contribution < -0.4 is 5.32 Å². The first-order valence-electron chi connectivity index (χ1n) is 14.0. The number of hydrogen-bond donors (Lipinski definition) is 1. The molecule has 0 aliphatic carbocycles. The van der Waals surface area contributed by atoms with Crippen LogP contribution in [0.3, 0.4) is 0 Å². The van der Waals surface area contributed by atoms with E-state index in [1.165, 1.54) is 28.9 Å². The summed E-state index contributed by atoms with van der Waals surface area (Å²) in [5.74, 6) is 0.675. The molecule has 1 N–H and O–H groups in total. The molecule has 0 bridgehead atoms. The van der Waals surface area contributed by atoms with E-state index in [1.54, 1.807) is 25.1 Å². The number of hydrogen-bond acceptors (Lipinski definition) is 6. The van der Waals surface area contributed by atoms with Gasteiger partial charge < -0.3 is 14.7 Å². The number of aromatic nitrogens is 1. The van der Waals surface area contributed by atoms with Crippen LogP contribution in [0.25, 0.3) is 12.2 Å². The van der Waals surface area contributed by atoms with Crippen LogP contribution >= 0.6 is 0 Å². The van der Waals surface area contributed by atoms with Gasteiger partial charge in [0, 0.05) is 31.1 Å². The molecule has 0 atom stereocenters. The molecule has 10 heteroatoms. The first-order valence-corrected chi connectivity index (χ1v) is 15.5. The van der Waals surface area contributed by atoms with Gasteiger partial charge in [0.05, 0.1) is 0 Å². The van der Waals surface area contributed by atoms with Crippen molar-refractivity contribution >= 4 is 28.1 Å². The van der Waals surface area contributed by atoms with Crippen molar-refractivity contribution in [1.82, 2.24) is 19.7 Å². The lowest BCUT2D eigenvalue weighted by molar-refractivity contribution is -0.126. The molecule has 4 rings (SSSR count). The fraction of sp³-hybridized carbons (Fsp3) is 0.586. The van der Waals surface area contributed by atoms with Crippen LogP contribution in [0.4, 0.5) is 4.39 Å². The number of rotatable bonds is 10. The SMILES string of the molecule is Cc1noc(/C=C/c2ccccc2F)c1S(=O)(=O)N1CCC(C(=O)NCC2CCN(CCC(C)C)CC2)CC1. The number of halogens is 1. The minimum absolute atomic E-state index is 0.0160. The molecule has 0 unspecified atom stereocenters. The highest BCUT2D eigenvalue weighted by Gasteiger charge is 2.36. The molecule has 1 aromatic heterocycles. The highest BCUT2D eigenvalue weighted by Crippen LogP contribution is 2.29. The minimum Gasteiger partial charge on any atom is -0.356 e. The van der Waals surface area contributed by atoms with Gasteiger partial charge in [-0.05, 0) is 88.7 Å². The second-order valence-electron chi connectivity index (χ2n) is 11.2. The molecule has 2 fully saturated rings. The van der Waals surface area contributed by atoms with E-state index in [4.69, 9.17) is 4.52 Å². The Balaban J connectivity index is 1.28. The summed E-state index contributed by atoms with van der Waals surface area (Å²) in [5, 5.41) is 6.99. The van der Waals surface area contributed by atoms with Gasteiger partial charge in [-0.2, -0.15) is 4.31 Å². The molecule has 0 radical (unpaired) electrons. The van der Waals surface area contributed by atoms with E-state index in [1.807, 2.05) is 0 Å². The normalized spacial score (nSPS) is 18.8. The predicted octanol–water partition coefficient (Wildman–Crippen LogP) is 4.57. The van der Waals surface area contributed by atoms with E-state index in [-0.39, 0.29) is 41.3 Å². The summed E-state index contributed by atoms with van der Waals surface area (Å²) in [6.45, 7) is 10.6. The predicted molar refractivity (Wildman–Crippen MR) is 150 cm³/mol. The van der Waals surface area contributed by atoms with Crippen molar-refractivity contribution in [3.63, 3.8) is 0 Å². The van der Waals surface area contributed by atoms with E-state index < -0.39 is 15.8 Å². The van der Waals surface area contributed by atoms with E-state index in [0.29, 0.717) is 36.8 Å². The standard InChI is InChI=1S/C29H41FN4O4S/c1-21(2)10-15-33-16-11-23(12-17-33)20-31-29(35)25-13-18-34(19-14-25)39(36,37)28-22(3)32-38-27(28)9-8-24-6-4-5-7-26(24)30/h4-9,21,23,25H,10-20H2,1-3H3,(H,31,35)/b9-8+. The van der Waals surface area contributed by atoms with Crippen LogP contribution in [0, 0.1) is 30.5 Å². The lowest BCUT2D eigenvalue weighted by atomic mass is 9.94. The van der Waals surface area contributed by atoms with Gasteiger partial charge in [-0.25, -0.2) is 12.8 Å². The van der Waals surface area contributed by atoms with Crippen molar-refractivity contribution in [2.45, 2.75) is 57.8 Å². The third-order valence-corrected chi connectivity index (χ3v) is 9.93. The first kappa shape index (κ1) is 29.4. The maximum absolute atomic E-state index is 14.0. The number of carbonyl (C=O) groups excluding carboxylic acids is 1. The number of amides is 1. The number of aryl methyl sites for hydroxylation is 1. The average Bonchev–Trinajstić information content (AvgIpc) is 3.31. The molecule has 1 aromatic carbocycles. The van der Waals surface area contributed by atoms with Gasteiger partial charge >= 0.3 is 0 Å². The minimum atomic E-state index is -3.89. The van der Waals surface area contributed by atoms with Crippen LogP contribution in [0.1, 0.15) is 63.0 Å². The molecule has 0 saturated carbocycles. The summed E-state index contributed by atoms with van der Waals surface area (Å²) in [6, 6.07) is 6.21. The van der Waals surface area contributed by atoms with Crippen molar-refractivity contribution in [3.05, 3.63) is 47.1 Å². The number of benzene rings is 1. The maximum Gasteiger partial charge on any atom is 0.248 e. The van der Waals surface area contributed by atoms with Crippen LogP contribution in [0.2, 0.25) is 0 Å². The Morgan fingerprint density at radius 3 is 2.49 bits per heavy atom. The zero-order valence-electron chi connectivity index (χ0n) is 23.2. The van der Waals surface area contributed by atoms with Crippen LogP contribution in [-0.2, 0) is 14.8 Å². The van der Waals surface area contributed by atoms with Crippen molar-refractivity contribution < 1.29 is 22.1 Å². The summed E-state index contributed by atoms with van der Waals surface area (Å²) in [4.78, 5) is 15.4. The lowest BCUT2D eigenvalue weighted by Gasteiger charge is -2.33. The summed E-state index contributed by atoms with van der Waals surface area (Å²) in [6.07, 6.45) is 7.24. The number of likely N-dealkylation sites (tertiary alicyclic amines) is 1. The summed E-state index contributed by atoms with van der Waals surface area (Å²) < 4.78 is 47.7. The first-order chi connectivity index (χ1) is 18.6. The topological polar surface area (TPSA) is 95.8 Å². The molecule has 2 aromatic rings. The smallest absolute Gasteiger partial charge is 0.248 e. The molecular formula is C29H41FN4O4S. The average molecular weight is 561 g/mol. The Bertz CT molecular complexity index is 1240. The van der Waals surface area contributed by atoms with Gasteiger partial charge in [-0.3, -0.25) is 4.79 Å². The number of carbonyl (C=O) groups is 1. The van der Waals surface area contributed by atoms with Gasteiger partial charge in [0.2, 0.25) is 15.9 Å². The van der Waals surface area contributed by atoms with Gasteiger partial charge in [0.1, 0.15) is 11.5 Å². The molecule has 1 amide bonds. The van der Waals surface area contributed by atoms with Gasteiger partial charge in [-0.15, -0.1) is 0 Å². The Kier molecular flexibility index (Phi) is 9.96. The molecule has 2 saturated heterocycles. The number of piperidine rings is 2. The van der Waals surface area contributed by atoms with E-state index in [9.17, 15) is 17.6 Å². The van der Waals surface area contributed by atoms with Crippen molar-refractivity contribution in [2.24, 2.45) is 17.8 Å². The fourth-order valence-electron chi connectivity index (χ4n) is 5.31. The number of nitrogens with zero attached hydrogens (tertiary/aromatic N) is 3. The molecule has 2 aliphatic heterocycles. The van der Waals surface area contributed by atoms with Gasteiger partial charge in [0.15, 0.2) is 10.7 Å². The highest BCUT2D eigenvalue weighted by molar-refractivity contribution is 7.89. The molecular weight excluding hydrogens is 519 g/mol. The monoisotopic (exact) mass is 560 g/mol. The molecule has 2 aliphatic rings. The van der Waals surface area contributed by atoms with E-state index >= 15 is 0 Å². The molecule has 39 heavy (non-hydrogen) atoms. The molecule has 8 nitrogen and oxygen atoms in total. The van der Waals surface area contributed by atoms with Gasteiger partial charge in [-0.1, -0.05) is 37.2 Å². The lowest BCUT2D eigenvalue weighted by Crippen LogP contribution is -2.45. The Morgan fingerprint density at radius 1 is 1.13 bits per heavy atom. The molecule has 214 valence electrons. The van der Waals surface area contributed by atoms with Crippen LogP contribution in [0.15, 0.2) is 33.7 Å². The quantitative estimate of drug-likeness (QED) is 0.458. The van der Waals surface area contributed by atoms with Crippen LogP contribution in [-0.4, -0.2) is 68.0 Å². The van der Waals surface area contributed by atoms with Crippen molar-refractivity contribution in [1.29, 1.82) is 0 Å². The van der Waals surface area contributed by atoms with E-state index in [0.717, 1.165) is 32.5 Å². The van der Waals surface area contributed by atoms with Crippen LogP contribution in [0.5, 0.6) is 0 Å². The second-order valence-corrected chi connectivity index (χ2v) is 13.1. The maximum atomic E-state index is 14.0. The summed E-state index contributed by atoms with van der Waals surface area (Å²) >= 11 is 0. The number of sulfonamides is 1. The van der Waals surface area contributed by atoms with Crippen molar-refractivity contribution in [2.75, 3.05) is 39.3 Å². The Labute approximate surface area is 231 Å². The summed E-state index contributed by atoms with van der Waals surface area (Å²) in [7, 11) is -3.89. The fourth-order valence-corrected chi connectivity index (χ4v) is 7.03. The molecule has 0 spiro atoms. The Morgan fingerprint density at radius 2 is 1.82 bits per heavy atom.